The van der Waals surface area contributed by atoms with E-state index in [2.05, 4.69) is 43.7 Å². The normalized spacial score (nSPS) is 13.4. The van der Waals surface area contributed by atoms with E-state index in [0.29, 0.717) is 0 Å². The molecule has 1 aromatic heterocycles. The monoisotopic (exact) mass is 202 g/mol. The maximum absolute atomic E-state index is 5.95. The molecule has 0 bridgehead atoms. The van der Waals surface area contributed by atoms with Crippen LogP contribution in [-0.4, -0.2) is 4.57 Å². The lowest BCUT2D eigenvalue weighted by molar-refractivity contribution is 0.726. The summed E-state index contributed by atoms with van der Waals surface area (Å²) in [5, 5.41) is 1.29. The third kappa shape index (κ3) is 1.55. The van der Waals surface area contributed by atoms with Crippen LogP contribution in [0.15, 0.2) is 18.2 Å². The van der Waals surface area contributed by atoms with Crippen molar-refractivity contribution < 1.29 is 0 Å². The Kier molecular flexibility index (Phi) is 2.31. The highest BCUT2D eigenvalue weighted by Crippen LogP contribution is 2.26. The molecule has 1 atom stereocenters. The number of benzene rings is 1. The highest BCUT2D eigenvalue weighted by atomic mass is 15.0. The Morgan fingerprint density at radius 3 is 2.47 bits per heavy atom. The number of nitrogens with two attached hydrogens (primary N) is 1. The van der Waals surface area contributed by atoms with E-state index in [1.807, 2.05) is 6.92 Å². The van der Waals surface area contributed by atoms with Gasteiger partial charge in [0.2, 0.25) is 0 Å². The number of nitrogens with zero attached hydrogens (tertiary/aromatic N) is 1. The Morgan fingerprint density at radius 2 is 1.87 bits per heavy atom. The predicted molar refractivity (Wildman–Crippen MR) is 65.0 cm³/mol. The minimum Gasteiger partial charge on any atom is -0.346 e. The van der Waals surface area contributed by atoms with Gasteiger partial charge in [0, 0.05) is 24.2 Å². The summed E-state index contributed by atoms with van der Waals surface area (Å²) in [6.45, 7) is 6.31. The van der Waals surface area contributed by atoms with E-state index in [1.165, 1.54) is 27.7 Å². The van der Waals surface area contributed by atoms with Gasteiger partial charge in [0.25, 0.3) is 0 Å². The standard InChI is InChI=1S/C13H18N2/c1-8-5-9(2)13-11(6-8)7-12(10(3)14)15(13)4/h5-7,10H,14H2,1-4H3. The summed E-state index contributed by atoms with van der Waals surface area (Å²) in [4.78, 5) is 0. The van der Waals surface area contributed by atoms with Gasteiger partial charge in [-0.3, -0.25) is 0 Å². The first-order valence-corrected chi connectivity index (χ1v) is 5.33. The molecule has 2 aromatic rings. The Bertz CT molecular complexity index is 507. The van der Waals surface area contributed by atoms with Gasteiger partial charge in [0.1, 0.15) is 0 Å². The lowest BCUT2D eigenvalue weighted by atomic mass is 10.1. The van der Waals surface area contributed by atoms with Gasteiger partial charge >= 0.3 is 0 Å². The molecule has 0 amide bonds. The number of aromatic nitrogens is 1. The molecule has 2 N–H and O–H groups in total. The number of hydrogen-bond acceptors (Lipinski definition) is 1. The van der Waals surface area contributed by atoms with Gasteiger partial charge in [-0.05, 0) is 38.5 Å². The van der Waals surface area contributed by atoms with E-state index >= 15 is 0 Å². The van der Waals surface area contributed by atoms with Crippen LogP contribution < -0.4 is 5.73 Å². The van der Waals surface area contributed by atoms with Crippen molar-refractivity contribution >= 4 is 10.9 Å². The van der Waals surface area contributed by atoms with Gasteiger partial charge in [-0.15, -0.1) is 0 Å². The fourth-order valence-electron chi connectivity index (χ4n) is 2.38. The molecule has 0 aliphatic rings. The summed E-state index contributed by atoms with van der Waals surface area (Å²) in [6.07, 6.45) is 0. The van der Waals surface area contributed by atoms with Crippen LogP contribution in [-0.2, 0) is 7.05 Å². The van der Waals surface area contributed by atoms with Crippen molar-refractivity contribution in [1.29, 1.82) is 0 Å². The lowest BCUT2D eigenvalue weighted by Gasteiger charge is -2.08. The van der Waals surface area contributed by atoms with E-state index in [1.54, 1.807) is 0 Å². The molecule has 15 heavy (non-hydrogen) atoms. The summed E-state index contributed by atoms with van der Waals surface area (Å²) in [6, 6.07) is 6.71. The molecule has 0 fully saturated rings. The minimum atomic E-state index is 0.0853. The van der Waals surface area contributed by atoms with Crippen molar-refractivity contribution in [3.63, 3.8) is 0 Å². The van der Waals surface area contributed by atoms with Crippen molar-refractivity contribution in [3.05, 3.63) is 35.0 Å². The van der Waals surface area contributed by atoms with E-state index < -0.39 is 0 Å². The van der Waals surface area contributed by atoms with Crippen molar-refractivity contribution in [2.75, 3.05) is 0 Å². The second-order valence-corrected chi connectivity index (χ2v) is 4.44. The molecule has 0 spiro atoms. The topological polar surface area (TPSA) is 30.9 Å². The molecule has 0 saturated heterocycles. The van der Waals surface area contributed by atoms with Crippen molar-refractivity contribution in [3.8, 4) is 0 Å². The molecule has 80 valence electrons. The zero-order valence-electron chi connectivity index (χ0n) is 9.83. The van der Waals surface area contributed by atoms with Gasteiger partial charge in [0.15, 0.2) is 0 Å². The first kappa shape index (κ1) is 10.2. The third-order valence-electron chi connectivity index (χ3n) is 2.97. The predicted octanol–water partition coefficient (Wildman–Crippen LogP) is 2.81. The van der Waals surface area contributed by atoms with Crippen LogP contribution in [0.3, 0.4) is 0 Å². The fraction of sp³-hybridized carbons (Fsp3) is 0.385. The molecule has 2 heteroatoms. The molecule has 2 rings (SSSR count). The summed E-state index contributed by atoms with van der Waals surface area (Å²) >= 11 is 0. The zero-order chi connectivity index (χ0) is 11.2. The number of rotatable bonds is 1. The van der Waals surface area contributed by atoms with Gasteiger partial charge < -0.3 is 10.3 Å². The third-order valence-corrected chi connectivity index (χ3v) is 2.97. The molecule has 1 aromatic carbocycles. The highest BCUT2D eigenvalue weighted by Gasteiger charge is 2.10. The van der Waals surface area contributed by atoms with E-state index in [4.69, 9.17) is 5.73 Å². The van der Waals surface area contributed by atoms with Crippen molar-refractivity contribution in [2.45, 2.75) is 26.8 Å². The molecule has 1 heterocycles. The average Bonchev–Trinajstić information content (AvgIpc) is 2.42. The zero-order valence-corrected chi connectivity index (χ0v) is 9.83. The number of fused-ring (bicyclic) bond motifs is 1. The maximum Gasteiger partial charge on any atom is 0.0510 e. The maximum atomic E-state index is 5.95. The van der Waals surface area contributed by atoms with Crippen LogP contribution >= 0.6 is 0 Å². The van der Waals surface area contributed by atoms with E-state index in [-0.39, 0.29) is 6.04 Å². The second kappa shape index (κ2) is 3.38. The molecule has 0 saturated carbocycles. The van der Waals surface area contributed by atoms with Crippen LogP contribution in [0.4, 0.5) is 0 Å². The Balaban J connectivity index is 2.82. The van der Waals surface area contributed by atoms with E-state index in [0.717, 1.165) is 0 Å². The minimum absolute atomic E-state index is 0.0853. The largest absolute Gasteiger partial charge is 0.346 e. The van der Waals surface area contributed by atoms with E-state index in [9.17, 15) is 0 Å². The average molecular weight is 202 g/mol. The molecule has 0 aliphatic carbocycles. The summed E-state index contributed by atoms with van der Waals surface area (Å²) in [7, 11) is 2.09. The van der Waals surface area contributed by atoms with Crippen LogP contribution in [0.25, 0.3) is 10.9 Å². The molecule has 0 radical (unpaired) electrons. The quantitative estimate of drug-likeness (QED) is 0.757. The Morgan fingerprint density at radius 1 is 1.20 bits per heavy atom. The van der Waals surface area contributed by atoms with Crippen LogP contribution in [0, 0.1) is 13.8 Å². The van der Waals surface area contributed by atoms with Gasteiger partial charge in [-0.25, -0.2) is 0 Å². The van der Waals surface area contributed by atoms with Crippen LogP contribution in [0.2, 0.25) is 0 Å². The van der Waals surface area contributed by atoms with Crippen molar-refractivity contribution in [1.82, 2.24) is 4.57 Å². The summed E-state index contributed by atoms with van der Waals surface area (Å²) < 4.78 is 2.20. The molecule has 2 nitrogen and oxygen atoms in total. The SMILES string of the molecule is Cc1cc(C)c2c(c1)cc(C(C)N)n2C. The Labute approximate surface area is 90.7 Å². The smallest absolute Gasteiger partial charge is 0.0510 e. The molecule has 1 unspecified atom stereocenters. The fourth-order valence-corrected chi connectivity index (χ4v) is 2.38. The van der Waals surface area contributed by atoms with Crippen LogP contribution in [0.5, 0.6) is 0 Å². The number of hydrogen-bond donors (Lipinski definition) is 1. The molecular weight excluding hydrogens is 184 g/mol. The van der Waals surface area contributed by atoms with Crippen LogP contribution in [0.1, 0.15) is 29.8 Å². The first-order chi connectivity index (χ1) is 7.00. The molecule has 0 aliphatic heterocycles. The first-order valence-electron chi connectivity index (χ1n) is 5.33. The summed E-state index contributed by atoms with van der Waals surface area (Å²) in [5.74, 6) is 0. The molecular formula is C13H18N2. The Hall–Kier alpha value is -1.28. The lowest BCUT2D eigenvalue weighted by Crippen LogP contribution is -2.09. The summed E-state index contributed by atoms with van der Waals surface area (Å²) in [5.41, 5.74) is 11.1. The van der Waals surface area contributed by atoms with Gasteiger partial charge in [-0.1, -0.05) is 11.6 Å². The van der Waals surface area contributed by atoms with Crippen molar-refractivity contribution in [2.24, 2.45) is 12.8 Å². The highest BCUT2D eigenvalue weighted by molar-refractivity contribution is 5.85. The number of aryl methyl sites for hydroxylation is 3. The van der Waals surface area contributed by atoms with Gasteiger partial charge in [0.05, 0.1) is 5.52 Å². The van der Waals surface area contributed by atoms with Gasteiger partial charge in [-0.2, -0.15) is 0 Å². The second-order valence-electron chi connectivity index (χ2n) is 4.44.